The second kappa shape index (κ2) is 6.51. The number of anilines is 1. The molecule has 0 saturated heterocycles. The van der Waals surface area contributed by atoms with Gasteiger partial charge in [0.25, 0.3) is 0 Å². The summed E-state index contributed by atoms with van der Waals surface area (Å²) in [6, 6.07) is 4.48. The third-order valence-electron chi connectivity index (χ3n) is 2.40. The molecule has 0 atom stereocenters. The average Bonchev–Trinajstić information content (AvgIpc) is 2.87. The van der Waals surface area contributed by atoms with Crippen molar-refractivity contribution in [3.63, 3.8) is 0 Å². The monoisotopic (exact) mass is 303 g/mol. The first-order chi connectivity index (χ1) is 9.58. The predicted octanol–water partition coefficient (Wildman–Crippen LogP) is 3.50. The molecule has 0 saturated carbocycles. The van der Waals surface area contributed by atoms with E-state index in [9.17, 15) is 8.78 Å². The number of aryl methyl sites for hydroxylation is 1. The van der Waals surface area contributed by atoms with Gasteiger partial charge >= 0.3 is 6.61 Å². The first-order valence-corrected chi connectivity index (χ1v) is 6.25. The Morgan fingerprint density at radius 2 is 2.10 bits per heavy atom. The van der Waals surface area contributed by atoms with Crippen molar-refractivity contribution < 1.29 is 17.9 Å². The topological polar surface area (TPSA) is 60.2 Å². The van der Waals surface area contributed by atoms with E-state index < -0.39 is 6.61 Å². The molecule has 0 aliphatic carbocycles. The Balaban J connectivity index is 2.02. The molecule has 0 bridgehead atoms. The molecule has 1 heterocycles. The lowest BCUT2D eigenvalue weighted by Gasteiger charge is -2.09. The highest BCUT2D eigenvalue weighted by Crippen LogP contribution is 2.29. The molecule has 1 aromatic heterocycles. The molecule has 1 aromatic carbocycles. The van der Waals surface area contributed by atoms with Crippen LogP contribution in [0.3, 0.4) is 0 Å². The molecule has 0 amide bonds. The normalized spacial score (nSPS) is 10.8. The first-order valence-electron chi connectivity index (χ1n) is 5.88. The van der Waals surface area contributed by atoms with Crippen LogP contribution in [0.1, 0.15) is 18.7 Å². The van der Waals surface area contributed by atoms with Crippen molar-refractivity contribution >= 4 is 17.3 Å². The van der Waals surface area contributed by atoms with Gasteiger partial charge in [-0.25, -0.2) is 0 Å². The minimum absolute atomic E-state index is 0.0913. The maximum Gasteiger partial charge on any atom is 0.387 e. The molecule has 0 aliphatic rings. The number of hydrogen-bond acceptors (Lipinski definition) is 5. The van der Waals surface area contributed by atoms with E-state index >= 15 is 0 Å². The zero-order chi connectivity index (χ0) is 14.5. The number of aromatic nitrogens is 2. The quantitative estimate of drug-likeness (QED) is 0.885. The largest absolute Gasteiger partial charge is 0.433 e. The summed E-state index contributed by atoms with van der Waals surface area (Å²) in [5.74, 6) is 0.860. The van der Waals surface area contributed by atoms with Crippen molar-refractivity contribution in [1.82, 2.24) is 10.2 Å². The smallest absolute Gasteiger partial charge is 0.387 e. The van der Waals surface area contributed by atoms with Crippen molar-refractivity contribution in [2.75, 3.05) is 5.32 Å². The molecule has 108 valence electrons. The van der Waals surface area contributed by atoms with Crippen molar-refractivity contribution in [1.29, 1.82) is 0 Å². The lowest BCUT2D eigenvalue weighted by molar-refractivity contribution is -0.0497. The molecule has 8 heteroatoms. The summed E-state index contributed by atoms with van der Waals surface area (Å²) in [4.78, 5) is 0. The number of hydrogen-bond donors (Lipinski definition) is 1. The summed E-state index contributed by atoms with van der Waals surface area (Å²) in [7, 11) is 0. The van der Waals surface area contributed by atoms with E-state index in [0.717, 1.165) is 0 Å². The van der Waals surface area contributed by atoms with E-state index in [0.29, 0.717) is 23.9 Å². The van der Waals surface area contributed by atoms with Crippen molar-refractivity contribution in [2.24, 2.45) is 0 Å². The van der Waals surface area contributed by atoms with Crippen molar-refractivity contribution in [3.05, 3.63) is 35.0 Å². The van der Waals surface area contributed by atoms with Gasteiger partial charge in [0.1, 0.15) is 5.75 Å². The summed E-state index contributed by atoms with van der Waals surface area (Å²) in [5.41, 5.74) is 0.557. The zero-order valence-corrected chi connectivity index (χ0v) is 11.3. The fourth-order valence-electron chi connectivity index (χ4n) is 1.48. The van der Waals surface area contributed by atoms with Crippen LogP contribution in [-0.4, -0.2) is 16.8 Å². The van der Waals surface area contributed by atoms with E-state index in [4.69, 9.17) is 16.0 Å². The minimum Gasteiger partial charge on any atom is -0.433 e. The maximum atomic E-state index is 12.2. The van der Waals surface area contributed by atoms with E-state index in [-0.39, 0.29) is 17.3 Å². The van der Waals surface area contributed by atoms with Gasteiger partial charge in [-0.05, 0) is 12.1 Å². The molecule has 0 aliphatic heterocycles. The Morgan fingerprint density at radius 1 is 1.35 bits per heavy atom. The fraction of sp³-hybridized carbons (Fsp3) is 0.333. The number of nitrogens with zero attached hydrogens (tertiary/aromatic N) is 2. The van der Waals surface area contributed by atoms with Crippen LogP contribution in [0.4, 0.5) is 14.5 Å². The Hall–Kier alpha value is -1.89. The van der Waals surface area contributed by atoms with E-state index in [1.807, 2.05) is 6.92 Å². The van der Waals surface area contributed by atoms with Gasteiger partial charge in [0, 0.05) is 18.2 Å². The van der Waals surface area contributed by atoms with Crippen LogP contribution in [0.2, 0.25) is 5.02 Å². The second-order valence-electron chi connectivity index (χ2n) is 3.82. The van der Waals surface area contributed by atoms with Crippen LogP contribution < -0.4 is 10.1 Å². The van der Waals surface area contributed by atoms with Crippen molar-refractivity contribution in [2.45, 2.75) is 26.5 Å². The Bertz CT molecular complexity index is 578. The molecule has 2 aromatic rings. The third kappa shape index (κ3) is 3.80. The summed E-state index contributed by atoms with van der Waals surface area (Å²) >= 11 is 5.75. The Morgan fingerprint density at radius 3 is 2.75 bits per heavy atom. The van der Waals surface area contributed by atoms with Gasteiger partial charge in [0.05, 0.1) is 11.6 Å². The maximum absolute atomic E-state index is 12.2. The Labute approximate surface area is 118 Å². The molecular formula is C12H12ClF2N3O2. The molecule has 2 rings (SSSR count). The van der Waals surface area contributed by atoms with E-state index in [2.05, 4.69) is 20.3 Å². The molecular weight excluding hydrogens is 292 g/mol. The summed E-state index contributed by atoms with van der Waals surface area (Å²) < 4.78 is 34.0. The SMILES string of the molecule is CCc1nnc(CNc2ccc(Cl)c(OC(F)F)c2)o1. The summed E-state index contributed by atoms with van der Waals surface area (Å²) in [5, 5.41) is 10.7. The van der Waals surface area contributed by atoms with Gasteiger partial charge in [-0.15, -0.1) is 10.2 Å². The lowest BCUT2D eigenvalue weighted by atomic mass is 10.3. The molecule has 5 nitrogen and oxygen atoms in total. The van der Waals surface area contributed by atoms with Crippen LogP contribution in [-0.2, 0) is 13.0 Å². The molecule has 0 spiro atoms. The van der Waals surface area contributed by atoms with Crippen LogP contribution in [0, 0.1) is 0 Å². The highest BCUT2D eigenvalue weighted by atomic mass is 35.5. The second-order valence-corrected chi connectivity index (χ2v) is 4.23. The van der Waals surface area contributed by atoms with Crippen LogP contribution in [0.5, 0.6) is 5.75 Å². The summed E-state index contributed by atoms with van der Waals surface area (Å²) in [6.07, 6.45) is 0.653. The summed E-state index contributed by atoms with van der Waals surface area (Å²) in [6.45, 7) is -0.744. The number of nitrogens with one attached hydrogen (secondary N) is 1. The van der Waals surface area contributed by atoms with Crippen LogP contribution in [0.15, 0.2) is 22.6 Å². The molecule has 0 fully saturated rings. The van der Waals surface area contributed by atoms with Gasteiger partial charge in [0.15, 0.2) is 0 Å². The van der Waals surface area contributed by atoms with Crippen molar-refractivity contribution in [3.8, 4) is 5.75 Å². The fourth-order valence-corrected chi connectivity index (χ4v) is 1.64. The molecule has 20 heavy (non-hydrogen) atoms. The average molecular weight is 304 g/mol. The van der Waals surface area contributed by atoms with Gasteiger partial charge in [-0.1, -0.05) is 18.5 Å². The highest BCUT2D eigenvalue weighted by molar-refractivity contribution is 6.32. The predicted molar refractivity (Wildman–Crippen MR) is 69.1 cm³/mol. The van der Waals surface area contributed by atoms with Gasteiger partial charge in [-0.3, -0.25) is 0 Å². The highest BCUT2D eigenvalue weighted by Gasteiger charge is 2.10. The first kappa shape index (κ1) is 14.5. The minimum atomic E-state index is -2.93. The number of halogens is 3. The van der Waals surface area contributed by atoms with Gasteiger partial charge in [0.2, 0.25) is 11.8 Å². The molecule has 0 unspecified atom stereocenters. The number of ether oxygens (including phenoxy) is 1. The Kier molecular flexibility index (Phi) is 4.73. The lowest BCUT2D eigenvalue weighted by Crippen LogP contribution is -2.04. The van der Waals surface area contributed by atoms with Gasteiger partial charge in [-0.2, -0.15) is 8.78 Å². The van der Waals surface area contributed by atoms with E-state index in [1.54, 1.807) is 6.07 Å². The number of benzene rings is 1. The number of rotatable bonds is 6. The van der Waals surface area contributed by atoms with Gasteiger partial charge < -0.3 is 14.5 Å². The zero-order valence-electron chi connectivity index (χ0n) is 10.6. The van der Waals surface area contributed by atoms with E-state index in [1.165, 1.54) is 12.1 Å². The number of alkyl halides is 2. The molecule has 1 N–H and O–H groups in total. The van der Waals surface area contributed by atoms with Crippen LogP contribution >= 0.6 is 11.6 Å². The molecule has 0 radical (unpaired) electrons. The standard InChI is InChI=1S/C12H12ClF2N3O2/c1-2-10-17-18-11(20-10)6-16-7-3-4-8(13)9(5-7)19-12(14)15/h3-5,12,16H,2,6H2,1H3. The van der Waals surface area contributed by atoms with Crippen LogP contribution in [0.25, 0.3) is 0 Å². The third-order valence-corrected chi connectivity index (χ3v) is 2.71.